The minimum atomic E-state index is -0.689. The molecule has 12 heteroatoms. The molecule has 224 valence electrons. The molecule has 10 nitrogen and oxygen atoms in total. The fourth-order valence-electron chi connectivity index (χ4n) is 4.41. The largest absolute Gasteiger partial charge is 0.497 e. The molecule has 1 aromatic heterocycles. The number of hydrogen-bond donors (Lipinski definition) is 0. The van der Waals surface area contributed by atoms with Crippen molar-refractivity contribution in [3.05, 3.63) is 103 Å². The number of methoxy groups -OCH3 is 4. The van der Waals surface area contributed by atoms with Crippen LogP contribution in [-0.4, -0.2) is 50.3 Å². The molecule has 0 amide bonds. The molecule has 1 heterocycles. The van der Waals surface area contributed by atoms with Crippen molar-refractivity contribution in [3.8, 4) is 40.1 Å². The molecule has 0 fully saturated rings. The van der Waals surface area contributed by atoms with Crippen LogP contribution in [0.5, 0.6) is 28.7 Å². The lowest BCUT2D eigenvalue weighted by atomic mass is 10.1. The van der Waals surface area contributed by atoms with Gasteiger partial charge in [-0.1, -0.05) is 28.1 Å². The summed E-state index contributed by atoms with van der Waals surface area (Å²) in [4.78, 5) is 31.8. The Morgan fingerprint density at radius 2 is 1.52 bits per heavy atom. The molecule has 0 unspecified atom stereocenters. The molecule has 5 aromatic rings. The maximum absolute atomic E-state index is 13.7. The van der Waals surface area contributed by atoms with E-state index in [1.807, 2.05) is 6.07 Å². The summed E-state index contributed by atoms with van der Waals surface area (Å²) in [5.74, 6) is 1.39. The topological polar surface area (TPSA) is 110 Å². The summed E-state index contributed by atoms with van der Waals surface area (Å²) in [7, 11) is 5.96. The Hall–Kier alpha value is -4.68. The maximum atomic E-state index is 13.7. The van der Waals surface area contributed by atoms with Crippen LogP contribution in [0.4, 0.5) is 0 Å². The number of aromatic nitrogens is 2. The summed E-state index contributed by atoms with van der Waals surface area (Å²) >= 11 is 6.96. The van der Waals surface area contributed by atoms with Crippen LogP contribution in [0.2, 0.25) is 0 Å². The predicted molar refractivity (Wildman–Crippen MR) is 174 cm³/mol. The Kier molecular flexibility index (Phi) is 9.31. The third-order valence-electron chi connectivity index (χ3n) is 6.55. The van der Waals surface area contributed by atoms with Gasteiger partial charge >= 0.3 is 5.97 Å². The van der Waals surface area contributed by atoms with Gasteiger partial charge in [0, 0.05) is 15.6 Å². The van der Waals surface area contributed by atoms with Crippen LogP contribution in [0.3, 0.4) is 0 Å². The summed E-state index contributed by atoms with van der Waals surface area (Å²) in [6.07, 6.45) is 1.43. The van der Waals surface area contributed by atoms with Crippen LogP contribution in [0.25, 0.3) is 22.3 Å². The Bertz CT molecular complexity index is 1930. The van der Waals surface area contributed by atoms with E-state index in [4.69, 9.17) is 28.7 Å². The average Bonchev–Trinajstić information content (AvgIpc) is 3.04. The number of ether oxygens (including phenoxy) is 5. The highest BCUT2D eigenvalue weighted by molar-refractivity contribution is 9.11. The molecular formula is C32H25Br2N3O7. The number of rotatable bonds is 9. The summed E-state index contributed by atoms with van der Waals surface area (Å²) in [5.41, 5.74) is 1.36. The molecule has 0 bridgehead atoms. The lowest BCUT2D eigenvalue weighted by Gasteiger charge is -2.15. The van der Waals surface area contributed by atoms with Crippen LogP contribution in [-0.2, 0) is 0 Å². The van der Waals surface area contributed by atoms with Gasteiger partial charge in [0.15, 0.2) is 23.1 Å². The van der Waals surface area contributed by atoms with Crippen molar-refractivity contribution in [3.63, 3.8) is 0 Å². The molecule has 0 saturated heterocycles. The Morgan fingerprint density at radius 1 is 0.841 bits per heavy atom. The van der Waals surface area contributed by atoms with E-state index in [2.05, 4.69) is 37.0 Å². The molecule has 0 aliphatic heterocycles. The van der Waals surface area contributed by atoms with E-state index in [1.165, 1.54) is 44.4 Å². The van der Waals surface area contributed by atoms with Crippen molar-refractivity contribution in [1.29, 1.82) is 0 Å². The van der Waals surface area contributed by atoms with Crippen LogP contribution in [0.1, 0.15) is 15.9 Å². The van der Waals surface area contributed by atoms with Crippen LogP contribution in [0, 0.1) is 0 Å². The van der Waals surface area contributed by atoms with Gasteiger partial charge in [-0.2, -0.15) is 9.78 Å². The zero-order valence-electron chi connectivity index (χ0n) is 24.0. The van der Waals surface area contributed by atoms with Crippen molar-refractivity contribution >= 4 is 54.9 Å². The molecular weight excluding hydrogens is 698 g/mol. The number of carbonyl (C=O) groups is 1. The second-order valence-electron chi connectivity index (χ2n) is 9.15. The quantitative estimate of drug-likeness (QED) is 0.0937. The minimum absolute atomic E-state index is 0.161. The van der Waals surface area contributed by atoms with Gasteiger partial charge in [0.1, 0.15) is 5.75 Å². The predicted octanol–water partition coefficient (Wildman–Crippen LogP) is 6.72. The van der Waals surface area contributed by atoms with E-state index >= 15 is 0 Å². The van der Waals surface area contributed by atoms with Gasteiger partial charge in [-0.3, -0.25) is 4.79 Å². The standard InChI is InChI=1S/C32H25Br2N3O7/c1-40-22-11-9-18(10-12-22)30-36-25-8-6-5-7-23(25)31(38)37(30)35-17-20-13-21(33)16-24(34)28(20)44-32(39)19-14-26(41-2)29(43-4)27(15-19)42-3/h5-17H,1-4H3. The first kappa shape index (κ1) is 30.8. The van der Waals surface area contributed by atoms with Crippen molar-refractivity contribution < 1.29 is 28.5 Å². The molecule has 0 spiro atoms. The smallest absolute Gasteiger partial charge is 0.343 e. The van der Waals surface area contributed by atoms with Gasteiger partial charge in [0.2, 0.25) is 5.75 Å². The molecule has 0 radical (unpaired) electrons. The number of carbonyl (C=O) groups excluding carboxylic acids is 1. The monoisotopic (exact) mass is 721 g/mol. The number of nitrogens with zero attached hydrogens (tertiary/aromatic N) is 3. The number of benzene rings is 4. The van der Waals surface area contributed by atoms with Gasteiger partial charge in [-0.05, 0) is 76.6 Å². The van der Waals surface area contributed by atoms with Gasteiger partial charge < -0.3 is 23.7 Å². The van der Waals surface area contributed by atoms with E-state index in [-0.39, 0.29) is 16.9 Å². The average molecular weight is 723 g/mol. The maximum Gasteiger partial charge on any atom is 0.343 e. The highest BCUT2D eigenvalue weighted by atomic mass is 79.9. The SMILES string of the molecule is COc1ccc(-c2nc3ccccc3c(=O)n2N=Cc2cc(Br)cc(Br)c2OC(=O)c2cc(OC)c(OC)c(OC)c2)cc1. The highest BCUT2D eigenvalue weighted by Gasteiger charge is 2.21. The Labute approximate surface area is 269 Å². The van der Waals surface area contributed by atoms with E-state index in [0.717, 1.165) is 0 Å². The normalized spacial score (nSPS) is 11.0. The molecule has 0 N–H and O–H groups in total. The van der Waals surface area contributed by atoms with Gasteiger partial charge in [-0.15, -0.1) is 0 Å². The van der Waals surface area contributed by atoms with Crippen LogP contribution >= 0.6 is 31.9 Å². The van der Waals surface area contributed by atoms with Crippen molar-refractivity contribution in [1.82, 2.24) is 9.66 Å². The van der Waals surface area contributed by atoms with Crippen LogP contribution < -0.4 is 29.2 Å². The molecule has 0 aliphatic rings. The highest BCUT2D eigenvalue weighted by Crippen LogP contribution is 2.39. The Morgan fingerprint density at radius 3 is 2.16 bits per heavy atom. The summed E-state index contributed by atoms with van der Waals surface area (Å²) in [5, 5.41) is 4.94. The number of esters is 1. The van der Waals surface area contributed by atoms with Crippen molar-refractivity contribution in [2.45, 2.75) is 0 Å². The second-order valence-corrected chi connectivity index (χ2v) is 10.9. The van der Waals surface area contributed by atoms with Gasteiger partial charge in [0.05, 0.1) is 55.6 Å². The van der Waals surface area contributed by atoms with E-state index in [0.29, 0.717) is 59.8 Å². The van der Waals surface area contributed by atoms with Gasteiger partial charge in [-0.25, -0.2) is 9.78 Å². The third-order valence-corrected chi connectivity index (χ3v) is 7.59. The molecule has 44 heavy (non-hydrogen) atoms. The van der Waals surface area contributed by atoms with E-state index in [1.54, 1.807) is 61.7 Å². The molecule has 0 saturated carbocycles. The zero-order chi connectivity index (χ0) is 31.4. The fraction of sp³-hybridized carbons (Fsp3) is 0.125. The zero-order valence-corrected chi connectivity index (χ0v) is 27.1. The minimum Gasteiger partial charge on any atom is -0.497 e. The molecule has 0 atom stereocenters. The first-order valence-corrected chi connectivity index (χ1v) is 14.6. The number of para-hydroxylation sites is 1. The van der Waals surface area contributed by atoms with E-state index in [9.17, 15) is 9.59 Å². The lowest BCUT2D eigenvalue weighted by molar-refractivity contribution is 0.0732. The second kappa shape index (κ2) is 13.3. The van der Waals surface area contributed by atoms with Crippen molar-refractivity contribution in [2.24, 2.45) is 5.10 Å². The summed E-state index contributed by atoms with van der Waals surface area (Å²) in [6.45, 7) is 0. The Balaban J connectivity index is 1.60. The van der Waals surface area contributed by atoms with Crippen LogP contribution in [0.15, 0.2) is 91.6 Å². The van der Waals surface area contributed by atoms with E-state index < -0.39 is 5.97 Å². The fourth-order valence-corrected chi connectivity index (χ4v) is 5.75. The molecule has 0 aliphatic carbocycles. The summed E-state index contributed by atoms with van der Waals surface area (Å²) < 4.78 is 29.6. The van der Waals surface area contributed by atoms with Crippen molar-refractivity contribution in [2.75, 3.05) is 28.4 Å². The summed E-state index contributed by atoms with van der Waals surface area (Å²) in [6, 6.07) is 20.6. The first-order chi connectivity index (χ1) is 21.3. The van der Waals surface area contributed by atoms with Gasteiger partial charge in [0.25, 0.3) is 5.56 Å². The first-order valence-electron chi connectivity index (χ1n) is 13.0. The number of hydrogen-bond acceptors (Lipinski definition) is 9. The third kappa shape index (κ3) is 6.17. The number of fused-ring (bicyclic) bond motifs is 1. The number of halogens is 2. The lowest BCUT2D eigenvalue weighted by Crippen LogP contribution is -2.20. The molecule has 4 aromatic carbocycles. The molecule has 5 rings (SSSR count).